The topological polar surface area (TPSA) is 91.7 Å². The number of amides is 4. The third-order valence-electron chi connectivity index (χ3n) is 3.78. The van der Waals surface area contributed by atoms with Crippen LogP contribution in [0, 0.1) is 13.8 Å². The van der Waals surface area contributed by atoms with Gasteiger partial charge in [0.2, 0.25) is 0 Å². The molecule has 0 aliphatic rings. The summed E-state index contributed by atoms with van der Waals surface area (Å²) in [6, 6.07) is 4.70. The third-order valence-corrected chi connectivity index (χ3v) is 3.78. The molecule has 1 aromatic rings. The number of hydrogen-bond donors (Lipinski definition) is 4. The molecule has 23 heavy (non-hydrogen) atoms. The van der Waals surface area contributed by atoms with Crippen molar-refractivity contribution in [3.8, 4) is 0 Å². The highest BCUT2D eigenvalue weighted by Gasteiger charge is 2.25. The average Bonchev–Trinajstić information content (AvgIpc) is 2.49. The van der Waals surface area contributed by atoms with Gasteiger partial charge in [0.25, 0.3) is 11.8 Å². The van der Waals surface area contributed by atoms with E-state index in [1.165, 1.54) is 7.05 Å². The monoisotopic (exact) mass is 321 g/mol. The number of carbonyl (C=O) groups is 3. The summed E-state index contributed by atoms with van der Waals surface area (Å²) >= 11 is 0. The van der Waals surface area contributed by atoms with Crippen molar-refractivity contribution in [2.24, 2.45) is 0 Å². The van der Waals surface area contributed by atoms with Gasteiger partial charge in [-0.2, -0.15) is 0 Å². The zero-order chi connectivity index (χ0) is 17.6. The van der Waals surface area contributed by atoms with Crippen LogP contribution < -0.4 is 20.9 Å². The minimum Gasteiger partial charge on any atom is -0.341 e. The maximum absolute atomic E-state index is 12.2. The number of aryl methyl sites for hydroxylation is 2. The molecular formula is C16H25N4O3+. The van der Waals surface area contributed by atoms with E-state index in [0.717, 1.165) is 16.8 Å². The zero-order valence-corrected chi connectivity index (χ0v) is 14.2. The van der Waals surface area contributed by atoms with Gasteiger partial charge in [0.1, 0.15) is 0 Å². The van der Waals surface area contributed by atoms with Gasteiger partial charge in [0.05, 0.1) is 7.05 Å². The molecule has 0 fully saturated rings. The van der Waals surface area contributed by atoms with E-state index < -0.39 is 18.0 Å². The van der Waals surface area contributed by atoms with Crippen molar-refractivity contribution >= 4 is 23.5 Å². The van der Waals surface area contributed by atoms with Crippen LogP contribution in [0.5, 0.6) is 0 Å². The Hall–Kier alpha value is -2.41. The molecule has 4 N–H and O–H groups in total. The fourth-order valence-corrected chi connectivity index (χ4v) is 2.11. The lowest BCUT2D eigenvalue weighted by Crippen LogP contribution is -3.15. The van der Waals surface area contributed by atoms with Gasteiger partial charge in [-0.15, -0.1) is 0 Å². The highest BCUT2D eigenvalue weighted by molar-refractivity contribution is 5.96. The van der Waals surface area contributed by atoms with Gasteiger partial charge in [0.15, 0.2) is 12.6 Å². The number of hydrogen-bond acceptors (Lipinski definition) is 3. The Morgan fingerprint density at radius 3 is 2.26 bits per heavy atom. The smallest absolute Gasteiger partial charge is 0.321 e. The Bertz CT molecular complexity index is 581. The standard InChI is InChI=1S/C16H24N4O3/c1-10-7-6-8-11(2)14(10)18-13(21)9-20(5)12(3)15(22)19-16(23)17-4/h6-8,12H,9H2,1-5H3,(H,18,21)(H2,17,19,22,23)/p+1/t12-/m0/s1. The Morgan fingerprint density at radius 1 is 1.17 bits per heavy atom. The van der Waals surface area contributed by atoms with Crippen LogP contribution in [0.3, 0.4) is 0 Å². The molecule has 4 amide bonds. The number of likely N-dealkylation sites (N-methyl/N-ethyl adjacent to an activating group) is 1. The molecule has 0 aromatic heterocycles. The molecule has 0 aliphatic heterocycles. The van der Waals surface area contributed by atoms with Crippen LogP contribution in [0.1, 0.15) is 18.1 Å². The average molecular weight is 321 g/mol. The lowest BCUT2D eigenvalue weighted by molar-refractivity contribution is -0.885. The van der Waals surface area contributed by atoms with E-state index in [1.807, 2.05) is 32.0 Å². The maximum atomic E-state index is 12.2. The molecule has 1 rings (SSSR count). The summed E-state index contributed by atoms with van der Waals surface area (Å²) < 4.78 is 0. The van der Waals surface area contributed by atoms with Crippen molar-refractivity contribution in [3.05, 3.63) is 29.3 Å². The van der Waals surface area contributed by atoms with E-state index in [1.54, 1.807) is 14.0 Å². The molecule has 126 valence electrons. The predicted molar refractivity (Wildman–Crippen MR) is 88.4 cm³/mol. The lowest BCUT2D eigenvalue weighted by Gasteiger charge is -2.20. The van der Waals surface area contributed by atoms with Crippen molar-refractivity contribution in [1.29, 1.82) is 0 Å². The maximum Gasteiger partial charge on any atom is 0.321 e. The number of anilines is 1. The van der Waals surface area contributed by atoms with Crippen molar-refractivity contribution < 1.29 is 19.3 Å². The quantitative estimate of drug-likeness (QED) is 0.595. The molecule has 1 aromatic carbocycles. The minimum absolute atomic E-state index is 0.121. The van der Waals surface area contributed by atoms with Crippen LogP contribution in [0.2, 0.25) is 0 Å². The number of benzene rings is 1. The van der Waals surface area contributed by atoms with E-state index in [0.29, 0.717) is 4.90 Å². The normalized spacial score (nSPS) is 12.9. The number of urea groups is 1. The van der Waals surface area contributed by atoms with Gasteiger partial charge < -0.3 is 15.5 Å². The zero-order valence-electron chi connectivity index (χ0n) is 14.2. The van der Waals surface area contributed by atoms with E-state index in [4.69, 9.17) is 0 Å². The molecule has 0 aliphatic carbocycles. The van der Waals surface area contributed by atoms with Gasteiger partial charge in [-0.3, -0.25) is 14.9 Å². The summed E-state index contributed by atoms with van der Waals surface area (Å²) in [7, 11) is 3.17. The summed E-state index contributed by atoms with van der Waals surface area (Å²) in [4.78, 5) is 35.9. The van der Waals surface area contributed by atoms with E-state index in [2.05, 4.69) is 16.0 Å². The second kappa shape index (κ2) is 8.28. The molecule has 0 spiro atoms. The number of rotatable bonds is 5. The molecule has 0 saturated carbocycles. The fraction of sp³-hybridized carbons (Fsp3) is 0.438. The van der Waals surface area contributed by atoms with Gasteiger partial charge in [0, 0.05) is 12.7 Å². The van der Waals surface area contributed by atoms with Crippen LogP contribution >= 0.6 is 0 Å². The van der Waals surface area contributed by atoms with Crippen molar-refractivity contribution in [2.75, 3.05) is 26.0 Å². The SMILES string of the molecule is CNC(=O)NC(=O)[C@H](C)[NH+](C)CC(=O)Nc1c(C)cccc1C. The van der Waals surface area contributed by atoms with Gasteiger partial charge >= 0.3 is 6.03 Å². The molecule has 7 nitrogen and oxygen atoms in total. The van der Waals surface area contributed by atoms with Crippen LogP contribution in [0.25, 0.3) is 0 Å². The molecule has 0 saturated heterocycles. The van der Waals surface area contributed by atoms with E-state index >= 15 is 0 Å². The molecule has 0 heterocycles. The summed E-state index contributed by atoms with van der Waals surface area (Å²) in [6.45, 7) is 5.65. The number of nitrogens with one attached hydrogen (secondary N) is 4. The number of quaternary nitrogens is 1. The Balaban J connectivity index is 2.63. The molecule has 2 atom stereocenters. The van der Waals surface area contributed by atoms with Crippen LogP contribution in [0.15, 0.2) is 18.2 Å². The highest BCUT2D eigenvalue weighted by Crippen LogP contribution is 2.18. The van der Waals surface area contributed by atoms with E-state index in [9.17, 15) is 14.4 Å². The number of para-hydroxylation sites is 1. The molecule has 0 bridgehead atoms. The number of carbonyl (C=O) groups excluding carboxylic acids is 3. The Kier molecular flexibility index (Phi) is 6.71. The van der Waals surface area contributed by atoms with Crippen molar-refractivity contribution in [1.82, 2.24) is 10.6 Å². The molecule has 7 heteroatoms. The summed E-state index contributed by atoms with van der Waals surface area (Å²) in [5.41, 5.74) is 2.77. The van der Waals surface area contributed by atoms with Gasteiger partial charge in [-0.25, -0.2) is 4.79 Å². The largest absolute Gasteiger partial charge is 0.341 e. The Morgan fingerprint density at radius 2 is 1.74 bits per heavy atom. The lowest BCUT2D eigenvalue weighted by atomic mass is 10.1. The first kappa shape index (κ1) is 18.6. The van der Waals surface area contributed by atoms with Crippen LogP contribution in [-0.4, -0.2) is 44.5 Å². The van der Waals surface area contributed by atoms with Crippen LogP contribution in [-0.2, 0) is 9.59 Å². The van der Waals surface area contributed by atoms with Gasteiger partial charge in [-0.05, 0) is 31.9 Å². The third kappa shape index (κ3) is 5.37. The first-order valence-corrected chi connectivity index (χ1v) is 7.47. The fourth-order valence-electron chi connectivity index (χ4n) is 2.11. The minimum atomic E-state index is -0.561. The summed E-state index contributed by atoms with van der Waals surface area (Å²) in [5, 5.41) is 7.41. The predicted octanol–water partition coefficient (Wildman–Crippen LogP) is -0.399. The van der Waals surface area contributed by atoms with E-state index in [-0.39, 0.29) is 12.5 Å². The molecule has 0 radical (unpaired) electrons. The summed E-state index contributed by atoms with van der Waals surface area (Å²) in [5.74, 6) is -0.610. The Labute approximate surface area is 136 Å². The second-order valence-electron chi connectivity index (χ2n) is 5.63. The first-order valence-electron chi connectivity index (χ1n) is 7.47. The highest BCUT2D eigenvalue weighted by atomic mass is 16.2. The summed E-state index contributed by atoms with van der Waals surface area (Å²) in [6.07, 6.45) is 0. The number of imide groups is 1. The molecular weight excluding hydrogens is 296 g/mol. The second-order valence-corrected chi connectivity index (χ2v) is 5.63. The van der Waals surface area contributed by atoms with Crippen molar-refractivity contribution in [3.63, 3.8) is 0 Å². The van der Waals surface area contributed by atoms with Gasteiger partial charge in [-0.1, -0.05) is 18.2 Å². The molecule has 1 unspecified atom stereocenters. The van der Waals surface area contributed by atoms with Crippen molar-refractivity contribution in [2.45, 2.75) is 26.8 Å². The van der Waals surface area contributed by atoms with Crippen LogP contribution in [0.4, 0.5) is 10.5 Å². The first-order chi connectivity index (χ1) is 10.8.